The van der Waals surface area contributed by atoms with Gasteiger partial charge in [0, 0.05) is 5.56 Å². The zero-order valence-corrected chi connectivity index (χ0v) is 7.94. The fraction of sp³-hybridized carbons (Fsp3) is 0.0909. The van der Waals surface area contributed by atoms with Gasteiger partial charge in [0.1, 0.15) is 5.75 Å². The van der Waals surface area contributed by atoms with Crippen molar-refractivity contribution in [3.05, 3.63) is 44.7 Å². The molecule has 0 amide bonds. The van der Waals surface area contributed by atoms with E-state index in [2.05, 4.69) is 0 Å². The molecule has 0 radical (unpaired) electrons. The summed E-state index contributed by atoms with van der Waals surface area (Å²) in [6, 6.07) is 6.42. The molecule has 0 N–H and O–H groups in total. The lowest BCUT2D eigenvalue weighted by Crippen LogP contribution is -2.36. The number of hydrogen-bond acceptors (Lipinski definition) is 4. The van der Waals surface area contributed by atoms with E-state index in [4.69, 9.17) is 4.74 Å². The quantitative estimate of drug-likeness (QED) is 0.646. The SMILES string of the molecule is COc1ccc(-c2c([O-])c(=O)c2=O)cc1. The Labute approximate surface area is 85.1 Å². The first-order chi connectivity index (χ1) is 7.15. The Hall–Kier alpha value is -2.10. The second-order valence-corrected chi connectivity index (χ2v) is 3.09. The highest BCUT2D eigenvalue weighted by Crippen LogP contribution is 2.24. The molecule has 76 valence electrons. The van der Waals surface area contributed by atoms with Crippen LogP contribution in [0.3, 0.4) is 0 Å². The van der Waals surface area contributed by atoms with Crippen LogP contribution in [0.25, 0.3) is 11.1 Å². The van der Waals surface area contributed by atoms with Gasteiger partial charge in [0.25, 0.3) is 0 Å². The van der Waals surface area contributed by atoms with Crippen LogP contribution in [0.1, 0.15) is 0 Å². The van der Waals surface area contributed by atoms with Crippen LogP contribution >= 0.6 is 0 Å². The molecule has 0 aliphatic carbocycles. The smallest absolute Gasteiger partial charge is 0.232 e. The number of hydrogen-bond donors (Lipinski definition) is 0. The molecule has 2 aromatic rings. The monoisotopic (exact) mass is 203 g/mol. The molecule has 0 aliphatic heterocycles. The van der Waals surface area contributed by atoms with E-state index in [9.17, 15) is 14.7 Å². The van der Waals surface area contributed by atoms with E-state index >= 15 is 0 Å². The van der Waals surface area contributed by atoms with Crippen LogP contribution in [0.15, 0.2) is 33.9 Å². The first-order valence-corrected chi connectivity index (χ1v) is 4.30. The minimum absolute atomic E-state index is 0.0253. The molecule has 0 spiro atoms. The maximum atomic E-state index is 11.1. The van der Waals surface area contributed by atoms with Gasteiger partial charge >= 0.3 is 0 Å². The highest BCUT2D eigenvalue weighted by Gasteiger charge is 2.14. The average Bonchev–Trinajstić information content (AvgIpc) is 2.30. The number of ether oxygens (including phenoxy) is 1. The van der Waals surface area contributed by atoms with Gasteiger partial charge in [0.05, 0.1) is 7.11 Å². The van der Waals surface area contributed by atoms with Gasteiger partial charge in [-0.15, -0.1) is 0 Å². The van der Waals surface area contributed by atoms with E-state index in [1.807, 2.05) is 0 Å². The van der Waals surface area contributed by atoms with Crippen LogP contribution in [0.5, 0.6) is 11.5 Å². The van der Waals surface area contributed by atoms with Crippen molar-refractivity contribution >= 4 is 0 Å². The van der Waals surface area contributed by atoms with Crippen molar-refractivity contribution < 1.29 is 9.84 Å². The summed E-state index contributed by atoms with van der Waals surface area (Å²) in [7, 11) is 1.52. The largest absolute Gasteiger partial charge is 0.869 e. The molecule has 4 nitrogen and oxygen atoms in total. The second-order valence-electron chi connectivity index (χ2n) is 3.09. The lowest BCUT2D eigenvalue weighted by atomic mass is 10.0. The summed E-state index contributed by atoms with van der Waals surface area (Å²) in [6.45, 7) is 0. The third-order valence-corrected chi connectivity index (χ3v) is 2.25. The molecule has 2 aromatic carbocycles. The Kier molecular flexibility index (Phi) is 2.04. The Morgan fingerprint density at radius 3 is 2.13 bits per heavy atom. The molecule has 2 rings (SSSR count). The molecule has 0 heterocycles. The lowest BCUT2D eigenvalue weighted by Gasteiger charge is -2.14. The number of benzene rings is 1. The zero-order valence-electron chi connectivity index (χ0n) is 7.94. The van der Waals surface area contributed by atoms with Crippen molar-refractivity contribution in [2.24, 2.45) is 0 Å². The van der Waals surface area contributed by atoms with E-state index in [0.717, 1.165) is 0 Å². The molecule has 0 bridgehead atoms. The fourth-order valence-corrected chi connectivity index (χ4v) is 1.39. The first-order valence-electron chi connectivity index (χ1n) is 4.30. The molecule has 0 unspecified atom stereocenters. The number of methoxy groups -OCH3 is 1. The lowest BCUT2D eigenvalue weighted by molar-refractivity contribution is -0.270. The van der Waals surface area contributed by atoms with E-state index in [-0.39, 0.29) is 5.56 Å². The normalized spacial score (nSPS) is 10.5. The van der Waals surface area contributed by atoms with Crippen molar-refractivity contribution in [3.63, 3.8) is 0 Å². The minimum atomic E-state index is -0.930. The summed E-state index contributed by atoms with van der Waals surface area (Å²) in [5.74, 6) is -0.0740. The molecule has 0 aromatic heterocycles. The first kappa shape index (κ1) is 9.45. The molecular weight excluding hydrogens is 196 g/mol. The van der Waals surface area contributed by atoms with Crippen LogP contribution in [0.2, 0.25) is 0 Å². The van der Waals surface area contributed by atoms with Crippen molar-refractivity contribution in [2.75, 3.05) is 7.11 Å². The third kappa shape index (κ3) is 1.30. The summed E-state index contributed by atoms with van der Waals surface area (Å²) in [5.41, 5.74) is -1.20. The van der Waals surface area contributed by atoms with Gasteiger partial charge in [-0.3, -0.25) is 9.59 Å². The highest BCUT2D eigenvalue weighted by molar-refractivity contribution is 5.73. The summed E-state index contributed by atoms with van der Waals surface area (Å²) in [4.78, 5) is 21.8. The Morgan fingerprint density at radius 1 is 1.07 bits per heavy atom. The Bertz CT molecular complexity index is 559. The zero-order chi connectivity index (χ0) is 11.0. The standard InChI is InChI=1S/C11H8O4/c1-15-7-4-2-6(3-5-7)8-9(12)11(14)10(8)13/h2-5,12H,1H3/p-1. The van der Waals surface area contributed by atoms with Crippen molar-refractivity contribution in [3.8, 4) is 22.6 Å². The molecule has 4 heteroatoms. The van der Waals surface area contributed by atoms with Gasteiger partial charge in [0.15, 0.2) is 0 Å². The maximum absolute atomic E-state index is 11.1. The average molecular weight is 203 g/mol. The van der Waals surface area contributed by atoms with E-state index < -0.39 is 16.6 Å². The van der Waals surface area contributed by atoms with Crippen LogP contribution < -0.4 is 20.7 Å². The number of rotatable bonds is 2. The van der Waals surface area contributed by atoms with Crippen LogP contribution in [-0.4, -0.2) is 7.11 Å². The van der Waals surface area contributed by atoms with Crippen molar-refractivity contribution in [2.45, 2.75) is 0 Å². The molecule has 0 atom stereocenters. The van der Waals surface area contributed by atoms with Gasteiger partial charge in [-0.05, 0) is 23.4 Å². The highest BCUT2D eigenvalue weighted by atomic mass is 16.5. The molecule has 0 fully saturated rings. The summed E-state index contributed by atoms with van der Waals surface area (Å²) in [5, 5.41) is 11.1. The van der Waals surface area contributed by atoms with Gasteiger partial charge in [-0.1, -0.05) is 12.1 Å². The minimum Gasteiger partial charge on any atom is -0.869 e. The topological polar surface area (TPSA) is 66.4 Å². The third-order valence-electron chi connectivity index (χ3n) is 2.25. The van der Waals surface area contributed by atoms with Crippen LogP contribution in [-0.2, 0) is 0 Å². The fourth-order valence-electron chi connectivity index (χ4n) is 1.39. The summed E-state index contributed by atoms with van der Waals surface area (Å²) in [6.07, 6.45) is 0. The van der Waals surface area contributed by atoms with Gasteiger partial charge in [-0.25, -0.2) is 0 Å². The molecule has 15 heavy (non-hydrogen) atoms. The van der Waals surface area contributed by atoms with E-state index in [1.165, 1.54) is 7.11 Å². The Balaban J connectivity index is 2.48. The Morgan fingerprint density at radius 2 is 1.67 bits per heavy atom. The molecular formula is C11H7O4-. The van der Waals surface area contributed by atoms with Crippen LogP contribution in [0.4, 0.5) is 0 Å². The van der Waals surface area contributed by atoms with E-state index in [1.54, 1.807) is 24.3 Å². The molecule has 0 saturated heterocycles. The second kappa shape index (κ2) is 3.24. The van der Waals surface area contributed by atoms with E-state index in [0.29, 0.717) is 11.3 Å². The predicted octanol–water partition coefficient (Wildman–Crippen LogP) is 0.0318. The van der Waals surface area contributed by atoms with Crippen molar-refractivity contribution in [1.82, 2.24) is 0 Å². The molecule has 0 aliphatic rings. The van der Waals surface area contributed by atoms with Gasteiger partial charge in [-0.2, -0.15) is 0 Å². The van der Waals surface area contributed by atoms with Gasteiger partial charge in [0.2, 0.25) is 10.9 Å². The van der Waals surface area contributed by atoms with Crippen molar-refractivity contribution in [1.29, 1.82) is 0 Å². The van der Waals surface area contributed by atoms with Gasteiger partial charge < -0.3 is 9.84 Å². The molecule has 0 saturated carbocycles. The van der Waals surface area contributed by atoms with Crippen LogP contribution in [0, 0.1) is 0 Å². The predicted molar refractivity (Wildman–Crippen MR) is 52.8 cm³/mol. The maximum Gasteiger partial charge on any atom is 0.232 e. The summed E-state index contributed by atoms with van der Waals surface area (Å²) < 4.78 is 4.93. The summed E-state index contributed by atoms with van der Waals surface area (Å²) >= 11 is 0.